The number of piperidine rings is 1. The fourth-order valence-electron chi connectivity index (χ4n) is 3.68. The monoisotopic (exact) mass is 400 g/mol. The first-order chi connectivity index (χ1) is 13.3. The molecule has 1 saturated heterocycles. The summed E-state index contributed by atoms with van der Waals surface area (Å²) in [6.45, 7) is 6.83. The summed E-state index contributed by atoms with van der Waals surface area (Å²) < 4.78 is 27.3. The lowest BCUT2D eigenvalue weighted by Gasteiger charge is -2.31. The maximum absolute atomic E-state index is 13.0. The van der Waals surface area contributed by atoms with Gasteiger partial charge < -0.3 is 5.32 Å². The van der Waals surface area contributed by atoms with Crippen LogP contribution in [-0.2, 0) is 14.8 Å². The van der Waals surface area contributed by atoms with Crippen LogP contribution in [0.4, 0.5) is 5.69 Å². The number of anilines is 1. The molecule has 1 heterocycles. The van der Waals surface area contributed by atoms with E-state index in [1.54, 1.807) is 30.3 Å². The minimum absolute atomic E-state index is 0.107. The summed E-state index contributed by atoms with van der Waals surface area (Å²) in [5, 5.41) is 3.08. The van der Waals surface area contributed by atoms with Crippen LogP contribution in [0.25, 0.3) is 0 Å². The number of carbonyl (C=O) groups excluding carboxylic acids is 1. The molecule has 3 rings (SSSR count). The van der Waals surface area contributed by atoms with Gasteiger partial charge in [-0.05, 0) is 48.9 Å². The Morgan fingerprint density at radius 1 is 1.11 bits per heavy atom. The van der Waals surface area contributed by atoms with E-state index in [1.165, 1.54) is 4.31 Å². The maximum atomic E-state index is 13.0. The Kier molecular flexibility index (Phi) is 6.20. The Hall–Kier alpha value is -2.18. The quantitative estimate of drug-likeness (QED) is 0.820. The van der Waals surface area contributed by atoms with E-state index in [9.17, 15) is 13.2 Å². The summed E-state index contributed by atoms with van der Waals surface area (Å²) in [7, 11) is -3.58. The highest BCUT2D eigenvalue weighted by molar-refractivity contribution is 7.89. The molecule has 0 radical (unpaired) electrons. The fourth-order valence-corrected chi connectivity index (χ4v) is 5.23. The molecule has 0 unspecified atom stereocenters. The fraction of sp³-hybridized carbons (Fsp3) is 0.409. The Morgan fingerprint density at radius 3 is 2.50 bits per heavy atom. The molecule has 28 heavy (non-hydrogen) atoms. The second kappa shape index (κ2) is 8.45. The maximum Gasteiger partial charge on any atom is 0.243 e. The van der Waals surface area contributed by atoms with Gasteiger partial charge in [-0.3, -0.25) is 4.79 Å². The third kappa shape index (κ3) is 4.28. The van der Waals surface area contributed by atoms with E-state index in [4.69, 9.17) is 0 Å². The standard InChI is InChI=1S/C22H28N2O3S/c1-16(2)20-13-7-9-17(3)21(20)23-22(25)18-10-8-14-24(15-18)28(26,27)19-11-5-4-6-12-19/h4-7,9,11-13,16,18H,8,10,14-15H2,1-3H3,(H,23,25)/t18-/m1/s1. The third-order valence-corrected chi connectivity index (χ3v) is 7.19. The molecule has 1 fully saturated rings. The molecule has 0 bridgehead atoms. The van der Waals surface area contributed by atoms with Crippen molar-refractivity contribution in [1.82, 2.24) is 4.31 Å². The molecule has 0 spiro atoms. The van der Waals surface area contributed by atoms with Crippen LogP contribution in [0.15, 0.2) is 53.4 Å². The van der Waals surface area contributed by atoms with E-state index < -0.39 is 10.0 Å². The van der Waals surface area contributed by atoms with Crippen molar-refractivity contribution in [2.45, 2.75) is 44.4 Å². The summed E-state index contributed by atoms with van der Waals surface area (Å²) in [5.74, 6) is -0.174. The van der Waals surface area contributed by atoms with E-state index in [0.29, 0.717) is 19.4 Å². The SMILES string of the molecule is Cc1cccc(C(C)C)c1NC(=O)[C@@H]1CCCN(S(=O)(=O)c2ccccc2)C1. The molecular formula is C22H28N2O3S. The molecule has 1 aliphatic heterocycles. The Balaban J connectivity index is 1.78. The summed E-state index contributed by atoms with van der Waals surface area (Å²) in [6, 6.07) is 14.4. The van der Waals surface area contributed by atoms with Gasteiger partial charge in [0.2, 0.25) is 15.9 Å². The molecule has 1 atom stereocenters. The number of benzene rings is 2. The number of aryl methyl sites for hydroxylation is 1. The van der Waals surface area contributed by atoms with E-state index in [1.807, 2.05) is 25.1 Å². The molecule has 2 aromatic rings. The molecule has 5 nitrogen and oxygen atoms in total. The Bertz CT molecular complexity index is 940. The molecule has 6 heteroatoms. The molecule has 150 valence electrons. The highest BCUT2D eigenvalue weighted by atomic mass is 32.2. The normalized spacial score (nSPS) is 18.2. The Morgan fingerprint density at radius 2 is 1.82 bits per heavy atom. The summed E-state index contributed by atoms with van der Waals surface area (Å²) in [6.07, 6.45) is 1.37. The minimum Gasteiger partial charge on any atom is -0.325 e. The van der Waals surface area contributed by atoms with Gasteiger partial charge in [-0.2, -0.15) is 4.31 Å². The zero-order chi connectivity index (χ0) is 20.3. The number of carbonyl (C=O) groups is 1. The van der Waals surface area contributed by atoms with Crippen molar-refractivity contribution in [3.8, 4) is 0 Å². The first-order valence-electron chi connectivity index (χ1n) is 9.76. The van der Waals surface area contributed by atoms with Crippen LogP contribution in [0.3, 0.4) is 0 Å². The van der Waals surface area contributed by atoms with Crippen LogP contribution in [0, 0.1) is 12.8 Å². The van der Waals surface area contributed by atoms with Gasteiger partial charge in [0.15, 0.2) is 0 Å². The van der Waals surface area contributed by atoms with E-state index in [-0.39, 0.29) is 29.2 Å². The van der Waals surface area contributed by atoms with Gasteiger partial charge in [-0.15, -0.1) is 0 Å². The summed E-state index contributed by atoms with van der Waals surface area (Å²) >= 11 is 0. The van der Waals surface area contributed by atoms with Crippen LogP contribution in [0.2, 0.25) is 0 Å². The van der Waals surface area contributed by atoms with E-state index >= 15 is 0 Å². The predicted octanol–water partition coefficient (Wildman–Crippen LogP) is 4.16. The number of para-hydroxylation sites is 1. The van der Waals surface area contributed by atoms with Gasteiger partial charge in [0, 0.05) is 18.8 Å². The van der Waals surface area contributed by atoms with Gasteiger partial charge in [0.1, 0.15) is 0 Å². The molecule has 2 aromatic carbocycles. The molecule has 1 aliphatic rings. The first kappa shape index (κ1) is 20.6. The number of hydrogen-bond donors (Lipinski definition) is 1. The number of nitrogens with one attached hydrogen (secondary N) is 1. The lowest BCUT2D eigenvalue weighted by Crippen LogP contribution is -2.43. The van der Waals surface area contributed by atoms with Crippen molar-refractivity contribution in [3.05, 3.63) is 59.7 Å². The zero-order valence-corrected chi connectivity index (χ0v) is 17.5. The van der Waals surface area contributed by atoms with Crippen LogP contribution in [0.1, 0.15) is 43.7 Å². The largest absolute Gasteiger partial charge is 0.325 e. The van der Waals surface area contributed by atoms with Gasteiger partial charge in [-0.1, -0.05) is 50.2 Å². The predicted molar refractivity (Wildman–Crippen MR) is 112 cm³/mol. The number of hydrogen-bond acceptors (Lipinski definition) is 3. The highest BCUT2D eigenvalue weighted by Crippen LogP contribution is 2.29. The van der Waals surface area contributed by atoms with Crippen molar-refractivity contribution in [2.75, 3.05) is 18.4 Å². The lowest BCUT2D eigenvalue weighted by molar-refractivity contribution is -0.120. The summed E-state index contributed by atoms with van der Waals surface area (Å²) in [5.41, 5.74) is 2.97. The summed E-state index contributed by atoms with van der Waals surface area (Å²) in [4.78, 5) is 13.2. The van der Waals surface area contributed by atoms with Crippen LogP contribution >= 0.6 is 0 Å². The molecule has 0 saturated carbocycles. The second-order valence-electron chi connectivity index (χ2n) is 7.70. The van der Waals surface area contributed by atoms with Crippen LogP contribution in [0.5, 0.6) is 0 Å². The Labute approximate surface area is 167 Å². The van der Waals surface area contributed by atoms with Crippen molar-refractivity contribution in [3.63, 3.8) is 0 Å². The second-order valence-corrected chi connectivity index (χ2v) is 9.64. The van der Waals surface area contributed by atoms with E-state index in [0.717, 1.165) is 16.8 Å². The van der Waals surface area contributed by atoms with Crippen molar-refractivity contribution in [2.24, 2.45) is 5.92 Å². The molecule has 1 amide bonds. The van der Waals surface area contributed by atoms with Crippen molar-refractivity contribution in [1.29, 1.82) is 0 Å². The van der Waals surface area contributed by atoms with Gasteiger partial charge >= 0.3 is 0 Å². The highest BCUT2D eigenvalue weighted by Gasteiger charge is 2.33. The molecule has 0 aromatic heterocycles. The van der Waals surface area contributed by atoms with Gasteiger partial charge in [0.05, 0.1) is 10.8 Å². The van der Waals surface area contributed by atoms with Gasteiger partial charge in [0.25, 0.3) is 0 Å². The van der Waals surface area contributed by atoms with Crippen LogP contribution in [-0.4, -0.2) is 31.7 Å². The number of sulfonamides is 1. The molecular weight excluding hydrogens is 372 g/mol. The van der Waals surface area contributed by atoms with Gasteiger partial charge in [-0.25, -0.2) is 8.42 Å². The first-order valence-corrected chi connectivity index (χ1v) is 11.2. The van der Waals surface area contributed by atoms with Crippen LogP contribution < -0.4 is 5.32 Å². The number of nitrogens with zero attached hydrogens (tertiary/aromatic N) is 1. The zero-order valence-electron chi connectivity index (χ0n) is 16.7. The lowest BCUT2D eigenvalue weighted by atomic mass is 9.95. The number of amides is 1. The van der Waals surface area contributed by atoms with Crippen molar-refractivity contribution < 1.29 is 13.2 Å². The smallest absolute Gasteiger partial charge is 0.243 e. The third-order valence-electron chi connectivity index (χ3n) is 5.31. The average molecular weight is 401 g/mol. The topological polar surface area (TPSA) is 66.5 Å². The minimum atomic E-state index is -3.58. The molecule has 0 aliphatic carbocycles. The van der Waals surface area contributed by atoms with E-state index in [2.05, 4.69) is 19.2 Å². The average Bonchev–Trinajstić information content (AvgIpc) is 2.70. The van der Waals surface area contributed by atoms with Crippen molar-refractivity contribution >= 4 is 21.6 Å². The number of rotatable bonds is 5. The molecule has 1 N–H and O–H groups in total.